The van der Waals surface area contributed by atoms with Crippen LogP contribution in [0.15, 0.2) is 30.3 Å². The summed E-state index contributed by atoms with van der Waals surface area (Å²) in [5.74, 6) is 0.847. The molecule has 0 aliphatic carbocycles. The Labute approximate surface area is 138 Å². The smallest absolute Gasteiger partial charge is 0.00194 e. The minimum atomic E-state index is 0. The molecule has 0 atom stereocenters. The van der Waals surface area contributed by atoms with E-state index in [1.807, 2.05) is 0 Å². The molecule has 0 saturated carbocycles. The summed E-state index contributed by atoms with van der Waals surface area (Å²) in [7, 11) is 2.20. The van der Waals surface area contributed by atoms with E-state index in [9.17, 15) is 0 Å². The number of unbranched alkanes of at least 4 members (excludes halogenated alkanes) is 1. The van der Waals surface area contributed by atoms with E-state index in [-0.39, 0.29) is 11.0 Å². The van der Waals surface area contributed by atoms with Gasteiger partial charge in [0.25, 0.3) is 0 Å². The van der Waals surface area contributed by atoms with Gasteiger partial charge >= 0.3 is 0 Å². The Morgan fingerprint density at radius 2 is 1.50 bits per heavy atom. The zero-order chi connectivity index (χ0) is 15.2. The molecule has 0 bridgehead atoms. The molecule has 0 aliphatic rings. The fourth-order valence-electron chi connectivity index (χ4n) is 2.00. The van der Waals surface area contributed by atoms with E-state index < -0.39 is 0 Å². The summed E-state index contributed by atoms with van der Waals surface area (Å²) in [5.41, 5.74) is 1.46. The SMILES string of the molecule is CCCCc1ccccc1.CCCN(C)CCC(C)C.O.O. The van der Waals surface area contributed by atoms with Crippen LogP contribution < -0.4 is 0 Å². The average molecular weight is 314 g/mol. The lowest BCUT2D eigenvalue weighted by Gasteiger charge is -2.16. The molecule has 0 unspecified atom stereocenters. The molecule has 3 nitrogen and oxygen atoms in total. The Hall–Kier alpha value is -0.900. The molecule has 132 valence electrons. The van der Waals surface area contributed by atoms with Gasteiger partial charge in [-0.05, 0) is 57.3 Å². The Bertz CT molecular complexity index is 302. The van der Waals surface area contributed by atoms with Crippen LogP contribution in [0.2, 0.25) is 0 Å². The van der Waals surface area contributed by atoms with Crippen molar-refractivity contribution in [3.05, 3.63) is 35.9 Å². The van der Waals surface area contributed by atoms with Gasteiger partial charge in [-0.3, -0.25) is 0 Å². The third-order valence-electron chi connectivity index (χ3n) is 3.36. The zero-order valence-electron chi connectivity index (χ0n) is 15.4. The first-order chi connectivity index (χ1) is 9.60. The van der Waals surface area contributed by atoms with Gasteiger partial charge in [-0.1, -0.05) is 64.4 Å². The van der Waals surface area contributed by atoms with E-state index in [1.54, 1.807) is 0 Å². The zero-order valence-corrected chi connectivity index (χ0v) is 15.4. The second kappa shape index (κ2) is 18.1. The van der Waals surface area contributed by atoms with E-state index in [2.05, 4.69) is 70.0 Å². The summed E-state index contributed by atoms with van der Waals surface area (Å²) in [6.07, 6.45) is 6.43. The fraction of sp³-hybridized carbons (Fsp3) is 0.684. The minimum absolute atomic E-state index is 0. The van der Waals surface area contributed by atoms with Crippen molar-refractivity contribution in [3.63, 3.8) is 0 Å². The summed E-state index contributed by atoms with van der Waals surface area (Å²) in [4.78, 5) is 2.40. The van der Waals surface area contributed by atoms with Gasteiger partial charge < -0.3 is 15.9 Å². The molecule has 0 amide bonds. The molecular formula is C19H39NO2. The van der Waals surface area contributed by atoms with Gasteiger partial charge in [0, 0.05) is 0 Å². The molecule has 1 rings (SSSR count). The monoisotopic (exact) mass is 313 g/mol. The van der Waals surface area contributed by atoms with Gasteiger partial charge in [0.1, 0.15) is 0 Å². The van der Waals surface area contributed by atoms with Crippen LogP contribution in [-0.4, -0.2) is 36.0 Å². The maximum Gasteiger partial charge on any atom is -0.00194 e. The summed E-state index contributed by atoms with van der Waals surface area (Å²) in [6, 6.07) is 10.6. The van der Waals surface area contributed by atoms with E-state index >= 15 is 0 Å². The Morgan fingerprint density at radius 1 is 0.909 bits per heavy atom. The molecular weight excluding hydrogens is 274 g/mol. The highest BCUT2D eigenvalue weighted by Crippen LogP contribution is 2.03. The van der Waals surface area contributed by atoms with Gasteiger partial charge in [0.15, 0.2) is 0 Å². The number of hydrogen-bond acceptors (Lipinski definition) is 1. The number of hydrogen-bond donors (Lipinski definition) is 0. The van der Waals surface area contributed by atoms with Crippen molar-refractivity contribution in [1.82, 2.24) is 4.90 Å². The van der Waals surface area contributed by atoms with E-state index in [0.717, 1.165) is 5.92 Å². The van der Waals surface area contributed by atoms with Crippen LogP contribution in [0.5, 0.6) is 0 Å². The van der Waals surface area contributed by atoms with Crippen LogP contribution >= 0.6 is 0 Å². The van der Waals surface area contributed by atoms with Crippen molar-refractivity contribution in [2.45, 2.75) is 59.8 Å². The molecule has 0 radical (unpaired) electrons. The summed E-state index contributed by atoms with van der Waals surface area (Å²) in [5, 5.41) is 0. The van der Waals surface area contributed by atoms with Gasteiger partial charge in [-0.15, -0.1) is 0 Å². The normalized spacial score (nSPS) is 9.59. The van der Waals surface area contributed by atoms with Gasteiger partial charge in [0.2, 0.25) is 0 Å². The van der Waals surface area contributed by atoms with Crippen molar-refractivity contribution >= 4 is 0 Å². The third-order valence-corrected chi connectivity index (χ3v) is 3.36. The third kappa shape index (κ3) is 17.2. The molecule has 0 heterocycles. The van der Waals surface area contributed by atoms with Crippen molar-refractivity contribution in [1.29, 1.82) is 0 Å². The first-order valence-electron chi connectivity index (χ1n) is 8.32. The molecule has 0 aliphatic heterocycles. The molecule has 1 aromatic rings. The van der Waals surface area contributed by atoms with Crippen molar-refractivity contribution in [3.8, 4) is 0 Å². The average Bonchev–Trinajstić information content (AvgIpc) is 2.45. The molecule has 0 aromatic heterocycles. The summed E-state index contributed by atoms with van der Waals surface area (Å²) in [6.45, 7) is 11.5. The maximum absolute atomic E-state index is 2.40. The largest absolute Gasteiger partial charge is 0.412 e. The van der Waals surface area contributed by atoms with Crippen LogP contribution in [-0.2, 0) is 6.42 Å². The first kappa shape index (κ1) is 26.0. The van der Waals surface area contributed by atoms with E-state index in [4.69, 9.17) is 0 Å². The quantitative estimate of drug-likeness (QED) is 0.720. The molecule has 0 spiro atoms. The van der Waals surface area contributed by atoms with Crippen molar-refractivity contribution in [2.75, 3.05) is 20.1 Å². The highest BCUT2D eigenvalue weighted by Gasteiger charge is 1.97. The Kier molecular flexibility index (Phi) is 21.5. The first-order valence-corrected chi connectivity index (χ1v) is 8.32. The number of aryl methyl sites for hydroxylation is 1. The summed E-state index contributed by atoms with van der Waals surface area (Å²) >= 11 is 0. The molecule has 22 heavy (non-hydrogen) atoms. The van der Waals surface area contributed by atoms with Crippen LogP contribution in [0.3, 0.4) is 0 Å². The second-order valence-corrected chi connectivity index (χ2v) is 6.07. The second-order valence-electron chi connectivity index (χ2n) is 6.07. The number of benzene rings is 1. The lowest BCUT2D eigenvalue weighted by Crippen LogP contribution is -2.21. The Morgan fingerprint density at radius 3 is 1.95 bits per heavy atom. The lowest BCUT2D eigenvalue weighted by atomic mass is 10.1. The fourth-order valence-corrected chi connectivity index (χ4v) is 2.00. The molecule has 0 fully saturated rings. The molecule has 3 heteroatoms. The molecule has 1 aromatic carbocycles. The molecule has 0 saturated heterocycles. The van der Waals surface area contributed by atoms with Crippen molar-refractivity contribution < 1.29 is 11.0 Å². The van der Waals surface area contributed by atoms with Crippen molar-refractivity contribution in [2.24, 2.45) is 5.92 Å². The van der Waals surface area contributed by atoms with Gasteiger partial charge in [0.05, 0.1) is 0 Å². The lowest BCUT2D eigenvalue weighted by molar-refractivity contribution is 0.311. The highest BCUT2D eigenvalue weighted by atomic mass is 16.0. The number of nitrogens with zero attached hydrogens (tertiary/aromatic N) is 1. The maximum atomic E-state index is 2.40. The minimum Gasteiger partial charge on any atom is -0.412 e. The van der Waals surface area contributed by atoms with Crippen LogP contribution in [0.25, 0.3) is 0 Å². The predicted octanol–water partition coefficient (Wildman–Crippen LogP) is 3.75. The Balaban J connectivity index is -0.000000301. The van der Waals surface area contributed by atoms with Crippen LogP contribution in [0.1, 0.15) is 58.9 Å². The van der Waals surface area contributed by atoms with E-state index in [1.165, 1.54) is 50.8 Å². The van der Waals surface area contributed by atoms with Gasteiger partial charge in [-0.2, -0.15) is 0 Å². The summed E-state index contributed by atoms with van der Waals surface area (Å²) < 4.78 is 0. The predicted molar refractivity (Wildman–Crippen MR) is 99.5 cm³/mol. The highest BCUT2D eigenvalue weighted by molar-refractivity contribution is 5.14. The van der Waals surface area contributed by atoms with Crippen LogP contribution in [0, 0.1) is 5.92 Å². The van der Waals surface area contributed by atoms with Gasteiger partial charge in [-0.25, -0.2) is 0 Å². The molecule has 4 N–H and O–H groups in total. The van der Waals surface area contributed by atoms with Crippen LogP contribution in [0.4, 0.5) is 0 Å². The van der Waals surface area contributed by atoms with E-state index in [0.29, 0.717) is 0 Å². The standard InChI is InChI=1S/C10H14.C9H21N.2H2O/c1-2-3-7-10-8-5-4-6-9-10;1-5-7-10(4)8-6-9(2)3;;/h4-6,8-9H,2-3,7H2,1H3;9H,5-8H2,1-4H3;2*1H2. The topological polar surface area (TPSA) is 66.2 Å². The number of rotatable bonds is 8.